The zero-order chi connectivity index (χ0) is 45.0. The fourth-order valence-electron chi connectivity index (χ4n) is 7.21. The number of rotatable bonds is 20. The normalized spacial score (nSPS) is 41.9. The maximum absolute atomic E-state index is 11.3. The molecule has 0 aromatic carbocycles. The number of aromatic nitrogens is 3. The van der Waals surface area contributed by atoms with E-state index in [1.165, 1.54) is 14.2 Å². The van der Waals surface area contributed by atoms with Crippen molar-refractivity contribution in [3.05, 3.63) is 11.9 Å². The molecule has 24 heteroatoms. The number of hydrogen-bond donors (Lipinski definition) is 10. The molecular formula is C37H67N3O21. The molecule has 4 aliphatic heterocycles. The van der Waals surface area contributed by atoms with Gasteiger partial charge in [-0.05, 0) is 26.7 Å². The predicted octanol–water partition coefficient (Wildman–Crippen LogP) is -5.10. The smallest absolute Gasteiger partial charge is 0.186 e. The fraction of sp³-hybridized carbons (Fsp3) is 0.946. The Morgan fingerprint density at radius 3 is 1.46 bits per heavy atom. The summed E-state index contributed by atoms with van der Waals surface area (Å²) in [5.74, 6) is 0. The summed E-state index contributed by atoms with van der Waals surface area (Å²) in [5, 5.41) is 115. The van der Waals surface area contributed by atoms with Crippen molar-refractivity contribution in [3.8, 4) is 0 Å². The molecule has 4 fully saturated rings. The summed E-state index contributed by atoms with van der Waals surface area (Å²) in [5.41, 5.74) is 0.715. The van der Waals surface area contributed by atoms with Crippen LogP contribution in [0.5, 0.6) is 0 Å². The second kappa shape index (κ2) is 25.1. The van der Waals surface area contributed by atoms with Gasteiger partial charge in [-0.15, -0.1) is 5.10 Å². The Kier molecular flexibility index (Phi) is 21.4. The maximum Gasteiger partial charge on any atom is 0.186 e. The summed E-state index contributed by atoms with van der Waals surface area (Å²) in [7, 11) is 2.62. The van der Waals surface area contributed by atoms with Gasteiger partial charge >= 0.3 is 0 Å². The first-order chi connectivity index (χ1) is 29.2. The average molecular weight is 890 g/mol. The summed E-state index contributed by atoms with van der Waals surface area (Å²) in [4.78, 5) is 0. The summed E-state index contributed by atoms with van der Waals surface area (Å²) < 4.78 is 63.8. The van der Waals surface area contributed by atoms with Crippen molar-refractivity contribution in [2.24, 2.45) is 0 Å². The molecule has 10 N–H and O–H groups in total. The molecule has 4 aliphatic rings. The maximum atomic E-state index is 11.3. The molecule has 0 saturated carbocycles. The Hall–Kier alpha value is -1.70. The third-order valence-electron chi connectivity index (χ3n) is 10.6. The van der Waals surface area contributed by atoms with Crippen LogP contribution in [0, 0.1) is 0 Å². The molecule has 20 atom stereocenters. The van der Waals surface area contributed by atoms with Crippen molar-refractivity contribution in [2.45, 2.75) is 170 Å². The zero-order valence-electron chi connectivity index (χ0n) is 35.3. The van der Waals surface area contributed by atoms with E-state index in [4.69, 9.17) is 52.1 Å². The molecule has 4 saturated heterocycles. The van der Waals surface area contributed by atoms with Crippen LogP contribution in [-0.4, -0.2) is 243 Å². The van der Waals surface area contributed by atoms with Crippen LogP contribution in [-0.2, 0) is 65.1 Å². The van der Waals surface area contributed by atoms with Gasteiger partial charge in [0.05, 0.1) is 32.1 Å². The predicted molar refractivity (Wildman–Crippen MR) is 202 cm³/mol. The molecule has 0 aliphatic carbocycles. The minimum absolute atomic E-state index is 0.0643. The first-order valence-electron chi connectivity index (χ1n) is 20.7. The van der Waals surface area contributed by atoms with Crippen LogP contribution in [0.3, 0.4) is 0 Å². The van der Waals surface area contributed by atoms with Crippen molar-refractivity contribution < 1.29 is 103 Å². The van der Waals surface area contributed by atoms with E-state index in [1.807, 2.05) is 20.8 Å². The number of aryl methyl sites for hydroxylation is 2. The number of nitrogens with zero attached hydrogens (tertiary/aromatic N) is 3. The standard InChI is InChI=1S/C35H61N3O21.C2H6/c1-5-38-10-15(36-37-38)8-7-9-52-31-19(14-55-33-26(45)22(41)20(39)16(56-33)11-49-3)59-35(29(48)25(31)44)53-12-17-21(40)23(42)27(46)34(57-17)54-13-18-30(51-6-2)24(43)28(47)32(50-4)58-18;1-2/h10,16-35,39-48H,5-9,11-14H2,1-4H3;1-2H3/t16-,17-,18-,19-,20-,21-,22+,23+,24-,25-,26-,27-,28-,29-,30-,31-,32+,33+,34+,35+;/m1./s1. The lowest BCUT2D eigenvalue weighted by Crippen LogP contribution is -2.63. The lowest BCUT2D eigenvalue weighted by Gasteiger charge is -2.45. The van der Waals surface area contributed by atoms with Gasteiger partial charge in [-0.25, -0.2) is 0 Å². The number of ether oxygens (including phenoxy) is 11. The topological polar surface area (TPSA) is 335 Å². The Bertz CT molecular complexity index is 1370. The molecule has 61 heavy (non-hydrogen) atoms. The van der Waals surface area contributed by atoms with Gasteiger partial charge in [0.15, 0.2) is 25.2 Å². The summed E-state index contributed by atoms with van der Waals surface area (Å²) in [6.45, 7) is 6.84. The highest BCUT2D eigenvalue weighted by atomic mass is 16.8. The van der Waals surface area contributed by atoms with Gasteiger partial charge < -0.3 is 103 Å². The molecule has 1 aromatic rings. The molecule has 0 unspecified atom stereocenters. The molecule has 1 aromatic heterocycles. The minimum Gasteiger partial charge on any atom is -0.387 e. The number of aliphatic hydroxyl groups is 10. The molecule has 5 rings (SSSR count). The molecular weight excluding hydrogens is 822 g/mol. The first-order valence-corrected chi connectivity index (χ1v) is 20.7. The molecule has 0 amide bonds. The van der Waals surface area contributed by atoms with Gasteiger partial charge in [-0.1, -0.05) is 19.1 Å². The second-order valence-electron chi connectivity index (χ2n) is 14.7. The van der Waals surface area contributed by atoms with E-state index in [9.17, 15) is 51.1 Å². The van der Waals surface area contributed by atoms with Crippen LogP contribution in [0.4, 0.5) is 0 Å². The Morgan fingerprint density at radius 1 is 0.541 bits per heavy atom. The molecule has 0 bridgehead atoms. The highest BCUT2D eigenvalue weighted by Gasteiger charge is 2.51. The SMILES string of the molecule is CC.CCO[C@H]1[C@H](O)[C@@H](O)[C@@H](OC)O[C@@H]1CO[C@H]1O[C@H](CO[C@H]2O[C@H](CO[C@H]3O[C@H](COC)[C@@H](O)[C@H](O)[C@H]3O)[C@@H](OCCCc3cn(CC)nn3)[C@H](O)[C@H]2O)[C@@H](O)[C@H](O)[C@H]1O. The fourth-order valence-corrected chi connectivity index (χ4v) is 7.21. The monoisotopic (exact) mass is 889 g/mol. The molecule has 0 radical (unpaired) electrons. The lowest BCUT2D eigenvalue weighted by molar-refractivity contribution is -0.350. The zero-order valence-corrected chi connectivity index (χ0v) is 35.3. The van der Waals surface area contributed by atoms with Crippen molar-refractivity contribution in [3.63, 3.8) is 0 Å². The number of aliphatic hydroxyl groups excluding tert-OH is 10. The van der Waals surface area contributed by atoms with E-state index >= 15 is 0 Å². The Morgan fingerprint density at radius 2 is 0.984 bits per heavy atom. The highest BCUT2D eigenvalue weighted by molar-refractivity contribution is 4.96. The largest absolute Gasteiger partial charge is 0.387 e. The van der Waals surface area contributed by atoms with E-state index in [0.29, 0.717) is 25.1 Å². The van der Waals surface area contributed by atoms with Gasteiger partial charge in [0.25, 0.3) is 0 Å². The van der Waals surface area contributed by atoms with E-state index in [-0.39, 0.29) is 19.8 Å². The van der Waals surface area contributed by atoms with E-state index in [1.54, 1.807) is 17.8 Å². The third kappa shape index (κ3) is 13.0. The van der Waals surface area contributed by atoms with Gasteiger partial charge in [0.1, 0.15) is 97.7 Å². The highest BCUT2D eigenvalue weighted by Crippen LogP contribution is 2.31. The van der Waals surface area contributed by atoms with Crippen molar-refractivity contribution >= 4 is 0 Å². The minimum atomic E-state index is -1.82. The van der Waals surface area contributed by atoms with Gasteiger partial charge in [0.2, 0.25) is 0 Å². The van der Waals surface area contributed by atoms with E-state index < -0.39 is 143 Å². The van der Waals surface area contributed by atoms with Crippen LogP contribution in [0.25, 0.3) is 0 Å². The molecule has 24 nitrogen and oxygen atoms in total. The summed E-state index contributed by atoms with van der Waals surface area (Å²) >= 11 is 0. The van der Waals surface area contributed by atoms with Gasteiger partial charge in [-0.3, -0.25) is 4.68 Å². The van der Waals surface area contributed by atoms with Crippen molar-refractivity contribution in [1.82, 2.24) is 15.0 Å². The van der Waals surface area contributed by atoms with E-state index in [0.717, 1.165) is 0 Å². The van der Waals surface area contributed by atoms with E-state index in [2.05, 4.69) is 10.3 Å². The quantitative estimate of drug-likeness (QED) is 0.0548. The number of methoxy groups -OCH3 is 2. The first kappa shape index (κ1) is 51.9. The summed E-state index contributed by atoms with van der Waals surface area (Å²) in [6, 6.07) is 0. The lowest BCUT2D eigenvalue weighted by atomic mass is 9.97. The Labute approximate surface area is 353 Å². The van der Waals surface area contributed by atoms with Gasteiger partial charge in [0, 0.05) is 40.2 Å². The van der Waals surface area contributed by atoms with Crippen LogP contribution >= 0.6 is 0 Å². The molecule has 0 spiro atoms. The van der Waals surface area contributed by atoms with Gasteiger partial charge in [-0.2, -0.15) is 0 Å². The van der Waals surface area contributed by atoms with Crippen molar-refractivity contribution in [1.29, 1.82) is 0 Å². The van der Waals surface area contributed by atoms with Crippen molar-refractivity contribution in [2.75, 3.05) is 53.9 Å². The Balaban J connectivity index is 0.00000403. The van der Waals surface area contributed by atoms with Crippen LogP contribution in [0.1, 0.15) is 39.8 Å². The third-order valence-corrected chi connectivity index (χ3v) is 10.6. The van der Waals surface area contributed by atoms with Crippen LogP contribution in [0.15, 0.2) is 6.20 Å². The molecule has 356 valence electrons. The summed E-state index contributed by atoms with van der Waals surface area (Å²) in [6.07, 6.45) is -26.7. The van der Waals surface area contributed by atoms with Crippen LogP contribution in [0.2, 0.25) is 0 Å². The number of hydrogen-bond acceptors (Lipinski definition) is 23. The average Bonchev–Trinajstić information content (AvgIpc) is 3.73. The molecule has 5 heterocycles. The van der Waals surface area contributed by atoms with Crippen LogP contribution < -0.4 is 0 Å². The second-order valence-corrected chi connectivity index (χ2v) is 14.7.